The fourth-order valence-electron chi connectivity index (χ4n) is 1.85. The number of hydrogen-bond donors (Lipinski definition) is 2. The number of aromatic nitrogens is 2. The number of rotatable bonds is 2. The van der Waals surface area contributed by atoms with Crippen LogP contribution in [0.2, 0.25) is 0 Å². The zero-order chi connectivity index (χ0) is 14.1. The lowest BCUT2D eigenvalue weighted by Gasteiger charge is -2.02. The Kier molecular flexibility index (Phi) is 2.72. The second-order valence-electron chi connectivity index (χ2n) is 4.08. The van der Waals surface area contributed by atoms with Crippen molar-refractivity contribution in [1.29, 1.82) is 0 Å². The number of nitrogens with zero attached hydrogens (tertiary/aromatic N) is 2. The first kappa shape index (κ1) is 12.0. The first-order valence-electron chi connectivity index (χ1n) is 5.69. The van der Waals surface area contributed by atoms with E-state index < -0.39 is 12.0 Å². The molecule has 7 heteroatoms. The Balaban J connectivity index is 1.89. The molecular weight excluding hydrogens is 262 g/mol. The number of carboxylic acid groups (broad SMARTS) is 1. The number of amides is 1. The molecule has 1 amide bonds. The summed E-state index contributed by atoms with van der Waals surface area (Å²) in [5.41, 5.74) is 0.531. The fraction of sp³-hybridized carbons (Fsp3) is 0. The van der Waals surface area contributed by atoms with Crippen LogP contribution in [0.4, 0.5) is 10.5 Å². The van der Waals surface area contributed by atoms with Crippen molar-refractivity contribution in [2.75, 3.05) is 5.32 Å². The molecule has 0 aliphatic carbocycles. The van der Waals surface area contributed by atoms with Gasteiger partial charge in [-0.2, -0.15) is 0 Å². The van der Waals surface area contributed by atoms with Gasteiger partial charge < -0.3 is 14.8 Å². The summed E-state index contributed by atoms with van der Waals surface area (Å²) in [6.07, 6.45) is 4.60. The molecule has 100 valence electrons. The minimum absolute atomic E-state index is 0.0341. The maximum Gasteiger partial charge on any atom is 0.415 e. The first-order chi connectivity index (χ1) is 9.63. The molecule has 3 rings (SSSR count). The lowest BCUT2D eigenvalue weighted by Crippen LogP contribution is -2.11. The Hall–Kier alpha value is -3.09. The number of nitrogens with one attached hydrogen (secondary N) is 1. The van der Waals surface area contributed by atoms with Crippen LogP contribution in [-0.4, -0.2) is 26.7 Å². The van der Waals surface area contributed by atoms with Gasteiger partial charge in [0.1, 0.15) is 6.26 Å². The highest BCUT2D eigenvalue weighted by atomic mass is 16.4. The third-order valence-corrected chi connectivity index (χ3v) is 2.75. The van der Waals surface area contributed by atoms with E-state index in [-0.39, 0.29) is 5.89 Å². The van der Waals surface area contributed by atoms with E-state index in [4.69, 9.17) is 9.52 Å². The molecule has 2 heterocycles. The summed E-state index contributed by atoms with van der Waals surface area (Å²) in [5.74, 6) is -0.500. The maximum absolute atomic E-state index is 11.8. The third kappa shape index (κ3) is 2.12. The monoisotopic (exact) mass is 271 g/mol. The normalized spacial score (nSPS) is 10.6. The van der Waals surface area contributed by atoms with Gasteiger partial charge in [-0.05, 0) is 12.1 Å². The summed E-state index contributed by atoms with van der Waals surface area (Å²) >= 11 is 0. The van der Waals surface area contributed by atoms with Crippen molar-refractivity contribution >= 4 is 28.5 Å². The van der Waals surface area contributed by atoms with Crippen LogP contribution in [0.1, 0.15) is 10.7 Å². The van der Waals surface area contributed by atoms with Crippen molar-refractivity contribution in [1.82, 2.24) is 9.55 Å². The standard InChI is InChI=1S/C13H9N3O4/c17-11(12-14-3-4-20-12)15-10-2-1-8-6-16(13(18)19)7-9(8)5-10/h1-7H,(H,15,17)(H,18,19). The average molecular weight is 271 g/mol. The number of benzene rings is 1. The Morgan fingerprint density at radius 1 is 1.25 bits per heavy atom. The molecule has 3 aromatic rings. The van der Waals surface area contributed by atoms with E-state index >= 15 is 0 Å². The van der Waals surface area contributed by atoms with Gasteiger partial charge in [-0.25, -0.2) is 9.78 Å². The summed E-state index contributed by atoms with van der Waals surface area (Å²) < 4.78 is 5.95. The van der Waals surface area contributed by atoms with Gasteiger partial charge in [-0.1, -0.05) is 6.07 Å². The molecule has 0 radical (unpaired) electrons. The molecule has 0 spiro atoms. The average Bonchev–Trinajstić information content (AvgIpc) is 3.07. The lowest BCUT2D eigenvalue weighted by atomic mass is 10.2. The third-order valence-electron chi connectivity index (χ3n) is 2.75. The van der Waals surface area contributed by atoms with Crippen molar-refractivity contribution in [3.63, 3.8) is 0 Å². The van der Waals surface area contributed by atoms with Crippen molar-refractivity contribution in [3.8, 4) is 0 Å². The number of carbonyl (C=O) groups is 2. The molecule has 0 saturated carbocycles. The number of hydrogen-bond acceptors (Lipinski definition) is 4. The maximum atomic E-state index is 11.8. The van der Waals surface area contributed by atoms with Crippen molar-refractivity contribution in [2.24, 2.45) is 0 Å². The highest BCUT2D eigenvalue weighted by molar-refractivity contribution is 6.02. The van der Waals surface area contributed by atoms with Crippen LogP contribution in [-0.2, 0) is 0 Å². The molecule has 7 nitrogen and oxygen atoms in total. The predicted molar refractivity (Wildman–Crippen MR) is 69.8 cm³/mol. The number of carbonyl (C=O) groups excluding carboxylic acids is 1. The first-order valence-corrected chi connectivity index (χ1v) is 5.69. The molecule has 2 N–H and O–H groups in total. The van der Waals surface area contributed by atoms with E-state index in [1.807, 2.05) is 0 Å². The van der Waals surface area contributed by atoms with Crippen LogP contribution >= 0.6 is 0 Å². The van der Waals surface area contributed by atoms with Gasteiger partial charge >= 0.3 is 12.0 Å². The SMILES string of the molecule is O=C(Nc1ccc2cn(C(=O)O)cc2c1)c1ncco1. The summed E-state index contributed by atoms with van der Waals surface area (Å²) in [5, 5.41) is 13.0. The van der Waals surface area contributed by atoms with E-state index in [0.29, 0.717) is 11.1 Å². The van der Waals surface area contributed by atoms with E-state index in [1.54, 1.807) is 18.2 Å². The predicted octanol–water partition coefficient (Wildman–Crippen LogP) is 2.41. The molecule has 0 saturated heterocycles. The second kappa shape index (κ2) is 4.54. The minimum Gasteiger partial charge on any atom is -0.464 e. The Morgan fingerprint density at radius 2 is 2.05 bits per heavy atom. The number of anilines is 1. The van der Waals surface area contributed by atoms with Gasteiger partial charge in [0.25, 0.3) is 5.89 Å². The summed E-state index contributed by atoms with van der Waals surface area (Å²) in [4.78, 5) is 26.4. The van der Waals surface area contributed by atoms with E-state index in [1.165, 1.54) is 24.9 Å². The molecule has 0 unspecified atom stereocenters. The fourth-order valence-corrected chi connectivity index (χ4v) is 1.85. The van der Waals surface area contributed by atoms with Gasteiger partial charge in [0.2, 0.25) is 0 Å². The zero-order valence-corrected chi connectivity index (χ0v) is 10.1. The molecule has 2 aromatic heterocycles. The largest absolute Gasteiger partial charge is 0.464 e. The highest BCUT2D eigenvalue weighted by Crippen LogP contribution is 2.20. The van der Waals surface area contributed by atoms with Crippen molar-refractivity contribution < 1.29 is 19.1 Å². The Labute approximate surface area is 112 Å². The Bertz CT molecular complexity index is 789. The lowest BCUT2D eigenvalue weighted by molar-refractivity contribution is 0.0990. The van der Waals surface area contributed by atoms with Crippen molar-refractivity contribution in [2.45, 2.75) is 0 Å². The quantitative estimate of drug-likeness (QED) is 0.745. The number of oxazole rings is 1. The zero-order valence-electron chi connectivity index (χ0n) is 10.1. The molecule has 0 bridgehead atoms. The van der Waals surface area contributed by atoms with Gasteiger partial charge in [0.05, 0.1) is 6.20 Å². The molecule has 1 aromatic carbocycles. The molecular formula is C13H9N3O4. The van der Waals surface area contributed by atoms with E-state index in [0.717, 1.165) is 9.95 Å². The summed E-state index contributed by atoms with van der Waals surface area (Å²) in [6, 6.07) is 5.07. The molecule has 0 atom stereocenters. The minimum atomic E-state index is -1.06. The van der Waals surface area contributed by atoms with Gasteiger partial charge in [-0.3, -0.25) is 9.36 Å². The molecule has 0 aliphatic heterocycles. The van der Waals surface area contributed by atoms with Crippen molar-refractivity contribution in [3.05, 3.63) is 48.9 Å². The Morgan fingerprint density at radius 3 is 2.75 bits per heavy atom. The van der Waals surface area contributed by atoms with Gasteiger partial charge in [0, 0.05) is 28.9 Å². The molecule has 0 aliphatic rings. The van der Waals surface area contributed by atoms with Crippen LogP contribution in [0.3, 0.4) is 0 Å². The van der Waals surface area contributed by atoms with E-state index in [9.17, 15) is 9.59 Å². The highest BCUT2D eigenvalue weighted by Gasteiger charge is 2.11. The second-order valence-corrected chi connectivity index (χ2v) is 4.08. The van der Waals surface area contributed by atoms with Crippen LogP contribution in [0.15, 0.2) is 47.5 Å². The molecule has 0 fully saturated rings. The van der Waals surface area contributed by atoms with Crippen LogP contribution in [0.5, 0.6) is 0 Å². The van der Waals surface area contributed by atoms with Crippen LogP contribution in [0, 0.1) is 0 Å². The molecule has 20 heavy (non-hydrogen) atoms. The topological polar surface area (TPSA) is 97.4 Å². The smallest absolute Gasteiger partial charge is 0.415 e. The van der Waals surface area contributed by atoms with E-state index in [2.05, 4.69) is 10.3 Å². The summed E-state index contributed by atoms with van der Waals surface area (Å²) in [7, 11) is 0. The van der Waals surface area contributed by atoms with Crippen LogP contribution in [0.25, 0.3) is 10.8 Å². The van der Waals surface area contributed by atoms with Gasteiger partial charge in [-0.15, -0.1) is 0 Å². The summed E-state index contributed by atoms with van der Waals surface area (Å²) in [6.45, 7) is 0. The van der Waals surface area contributed by atoms with Gasteiger partial charge in [0.15, 0.2) is 0 Å². The van der Waals surface area contributed by atoms with Crippen LogP contribution < -0.4 is 5.32 Å². The number of fused-ring (bicyclic) bond motifs is 1.